The number of nitrogens with zero attached hydrogens (tertiary/aromatic N) is 3. The molecule has 2 aromatic rings. The SMILES string of the molecule is C#CCCn1c(=O)c2c(C)c(CN3CCNC3=O)sc2n(CCOC)c1=O. The molecule has 3 rings (SSSR count). The number of urea groups is 1. The second-order valence-electron chi connectivity index (χ2n) is 6.32. The third-order valence-corrected chi connectivity index (χ3v) is 5.97. The number of fused-ring (bicyclic) bond motifs is 1. The van der Waals surface area contributed by atoms with Crippen molar-refractivity contribution in [2.75, 3.05) is 26.8 Å². The Morgan fingerprint density at radius 2 is 2.04 bits per heavy atom. The number of terminal acetylenes is 1. The summed E-state index contributed by atoms with van der Waals surface area (Å²) in [4.78, 5) is 40.9. The van der Waals surface area contributed by atoms with Gasteiger partial charge in [-0.2, -0.15) is 0 Å². The van der Waals surface area contributed by atoms with Gasteiger partial charge in [-0.3, -0.25) is 13.9 Å². The molecule has 0 radical (unpaired) electrons. The van der Waals surface area contributed by atoms with Gasteiger partial charge in [0.2, 0.25) is 0 Å². The van der Waals surface area contributed by atoms with E-state index in [-0.39, 0.29) is 23.8 Å². The van der Waals surface area contributed by atoms with Gasteiger partial charge in [0.25, 0.3) is 5.56 Å². The molecule has 1 N–H and O–H groups in total. The van der Waals surface area contributed by atoms with Crippen LogP contribution in [0.2, 0.25) is 0 Å². The van der Waals surface area contributed by atoms with Crippen LogP contribution in [0.1, 0.15) is 16.9 Å². The fourth-order valence-electron chi connectivity index (χ4n) is 3.18. The summed E-state index contributed by atoms with van der Waals surface area (Å²) in [6.45, 7) is 4.38. The number of methoxy groups -OCH3 is 1. The van der Waals surface area contributed by atoms with E-state index in [1.165, 1.54) is 15.9 Å². The van der Waals surface area contributed by atoms with Gasteiger partial charge < -0.3 is 15.0 Å². The largest absolute Gasteiger partial charge is 0.383 e. The first-order valence-electron chi connectivity index (χ1n) is 8.70. The Bertz CT molecular complexity index is 1030. The van der Waals surface area contributed by atoms with Gasteiger partial charge in [-0.1, -0.05) is 0 Å². The highest BCUT2D eigenvalue weighted by molar-refractivity contribution is 7.18. The number of nitrogens with one attached hydrogen (secondary N) is 1. The van der Waals surface area contributed by atoms with Crippen molar-refractivity contribution in [3.05, 3.63) is 31.3 Å². The molecule has 0 atom stereocenters. The highest BCUT2D eigenvalue weighted by atomic mass is 32.1. The van der Waals surface area contributed by atoms with Crippen molar-refractivity contribution in [2.24, 2.45) is 0 Å². The van der Waals surface area contributed by atoms with Gasteiger partial charge in [0, 0.05) is 38.0 Å². The molecule has 8 nitrogen and oxygen atoms in total. The minimum absolute atomic E-state index is 0.116. The number of rotatable bonds is 7. The van der Waals surface area contributed by atoms with Gasteiger partial charge in [0.1, 0.15) is 4.83 Å². The van der Waals surface area contributed by atoms with Crippen molar-refractivity contribution in [3.63, 3.8) is 0 Å². The van der Waals surface area contributed by atoms with Crippen LogP contribution in [0.4, 0.5) is 4.79 Å². The summed E-state index contributed by atoms with van der Waals surface area (Å²) in [5.41, 5.74) is 0.0941. The topological polar surface area (TPSA) is 85.6 Å². The molecule has 0 saturated carbocycles. The van der Waals surface area contributed by atoms with E-state index in [1.807, 2.05) is 6.92 Å². The molecule has 1 saturated heterocycles. The van der Waals surface area contributed by atoms with Gasteiger partial charge in [0.05, 0.1) is 25.1 Å². The minimum Gasteiger partial charge on any atom is -0.383 e. The van der Waals surface area contributed by atoms with Crippen molar-refractivity contribution >= 4 is 27.6 Å². The zero-order chi connectivity index (χ0) is 19.6. The smallest absolute Gasteiger partial charge is 0.332 e. The lowest BCUT2D eigenvalue weighted by atomic mass is 10.2. The molecule has 9 heteroatoms. The summed E-state index contributed by atoms with van der Waals surface area (Å²) in [6, 6.07) is -0.116. The second-order valence-corrected chi connectivity index (χ2v) is 7.41. The van der Waals surface area contributed by atoms with Gasteiger partial charge in [-0.25, -0.2) is 9.59 Å². The van der Waals surface area contributed by atoms with E-state index in [9.17, 15) is 14.4 Å². The molecule has 0 aromatic carbocycles. The fraction of sp³-hybridized carbons (Fsp3) is 0.500. The molecule has 3 heterocycles. The summed E-state index contributed by atoms with van der Waals surface area (Å²) >= 11 is 1.38. The first-order chi connectivity index (χ1) is 13.0. The summed E-state index contributed by atoms with van der Waals surface area (Å²) in [6.07, 6.45) is 5.61. The maximum absolute atomic E-state index is 13.0. The number of aryl methyl sites for hydroxylation is 1. The van der Waals surface area contributed by atoms with Gasteiger partial charge in [-0.15, -0.1) is 23.7 Å². The molecule has 1 aliphatic heterocycles. The Balaban J connectivity index is 2.16. The fourth-order valence-corrected chi connectivity index (χ4v) is 4.51. The van der Waals surface area contributed by atoms with E-state index in [0.29, 0.717) is 49.4 Å². The van der Waals surface area contributed by atoms with E-state index >= 15 is 0 Å². The molecule has 2 aromatic heterocycles. The molecule has 2 amide bonds. The molecular weight excluding hydrogens is 368 g/mol. The predicted molar refractivity (Wildman–Crippen MR) is 104 cm³/mol. The van der Waals surface area contributed by atoms with Crippen LogP contribution in [-0.4, -0.2) is 46.9 Å². The number of amides is 2. The van der Waals surface area contributed by atoms with Gasteiger partial charge >= 0.3 is 11.7 Å². The number of carbonyl (C=O) groups excluding carboxylic acids is 1. The summed E-state index contributed by atoms with van der Waals surface area (Å²) in [7, 11) is 1.56. The van der Waals surface area contributed by atoms with Crippen LogP contribution in [0, 0.1) is 19.3 Å². The lowest BCUT2D eigenvalue weighted by molar-refractivity contribution is 0.186. The van der Waals surface area contributed by atoms with Crippen molar-refractivity contribution in [3.8, 4) is 12.3 Å². The summed E-state index contributed by atoms with van der Waals surface area (Å²) in [5.74, 6) is 2.47. The van der Waals surface area contributed by atoms with E-state index in [4.69, 9.17) is 11.2 Å². The average Bonchev–Trinajstić information content (AvgIpc) is 3.19. The molecule has 27 heavy (non-hydrogen) atoms. The van der Waals surface area contributed by atoms with Crippen LogP contribution >= 0.6 is 11.3 Å². The number of hydrogen-bond acceptors (Lipinski definition) is 5. The van der Waals surface area contributed by atoms with E-state index in [1.54, 1.807) is 16.6 Å². The first-order valence-corrected chi connectivity index (χ1v) is 9.52. The maximum atomic E-state index is 13.0. The second kappa shape index (κ2) is 7.98. The third-order valence-electron chi connectivity index (χ3n) is 4.67. The van der Waals surface area contributed by atoms with Crippen molar-refractivity contribution in [1.82, 2.24) is 19.4 Å². The zero-order valence-electron chi connectivity index (χ0n) is 15.4. The van der Waals surface area contributed by atoms with Crippen LogP contribution in [0.25, 0.3) is 10.2 Å². The molecule has 1 fully saturated rings. The van der Waals surface area contributed by atoms with E-state index < -0.39 is 0 Å². The van der Waals surface area contributed by atoms with Crippen LogP contribution in [0.5, 0.6) is 0 Å². The Hall–Kier alpha value is -2.57. The molecule has 0 unspecified atom stereocenters. The van der Waals surface area contributed by atoms with Crippen molar-refractivity contribution < 1.29 is 9.53 Å². The number of ether oxygens (including phenoxy) is 1. The molecular formula is C18H22N4O4S. The van der Waals surface area contributed by atoms with E-state index in [0.717, 1.165) is 10.4 Å². The monoisotopic (exact) mass is 390 g/mol. The number of hydrogen-bond donors (Lipinski definition) is 1. The lowest BCUT2D eigenvalue weighted by Crippen LogP contribution is -2.40. The Kier molecular flexibility index (Phi) is 5.68. The minimum atomic E-state index is -0.383. The molecule has 1 aliphatic rings. The molecule has 0 aliphatic carbocycles. The van der Waals surface area contributed by atoms with Crippen LogP contribution in [0.3, 0.4) is 0 Å². The van der Waals surface area contributed by atoms with Crippen LogP contribution in [-0.2, 0) is 24.4 Å². The summed E-state index contributed by atoms with van der Waals surface area (Å²) < 4.78 is 7.89. The first kappa shape index (κ1) is 19.2. The summed E-state index contributed by atoms with van der Waals surface area (Å²) in [5, 5.41) is 3.29. The van der Waals surface area contributed by atoms with Crippen molar-refractivity contribution in [2.45, 2.75) is 33.0 Å². The van der Waals surface area contributed by atoms with Crippen LogP contribution in [0.15, 0.2) is 9.59 Å². The van der Waals surface area contributed by atoms with Crippen molar-refractivity contribution in [1.29, 1.82) is 0 Å². The van der Waals surface area contributed by atoms with E-state index in [2.05, 4.69) is 11.2 Å². The average molecular weight is 390 g/mol. The number of carbonyl (C=O) groups is 1. The number of thiophene rings is 1. The predicted octanol–water partition coefficient (Wildman–Crippen LogP) is 0.728. The quantitative estimate of drug-likeness (QED) is 0.707. The highest BCUT2D eigenvalue weighted by Crippen LogP contribution is 2.29. The highest BCUT2D eigenvalue weighted by Gasteiger charge is 2.24. The number of aromatic nitrogens is 2. The molecule has 0 bridgehead atoms. The van der Waals surface area contributed by atoms with Gasteiger partial charge in [0.15, 0.2) is 0 Å². The third kappa shape index (κ3) is 3.50. The Morgan fingerprint density at radius 1 is 1.26 bits per heavy atom. The molecule has 0 spiro atoms. The van der Waals surface area contributed by atoms with Gasteiger partial charge in [-0.05, 0) is 12.5 Å². The maximum Gasteiger partial charge on any atom is 0.332 e. The normalized spacial score (nSPS) is 14.0. The Labute approximate surface area is 160 Å². The van der Waals surface area contributed by atoms with Crippen LogP contribution < -0.4 is 16.6 Å². The molecule has 144 valence electrons. The zero-order valence-corrected chi connectivity index (χ0v) is 16.2. The Morgan fingerprint density at radius 3 is 2.67 bits per heavy atom. The lowest BCUT2D eigenvalue weighted by Gasteiger charge is -2.12. The standard InChI is InChI=1S/C18H22N4O4S/c1-4-5-7-21-15(23)14-12(2)13(11-20-8-6-19-17(20)24)27-16(14)22(18(21)25)9-10-26-3/h1H,5-11H2,2-3H3,(H,19,24).